The Morgan fingerprint density at radius 1 is 1.30 bits per heavy atom. The molecule has 1 aromatic heterocycles. The van der Waals surface area contributed by atoms with E-state index in [-0.39, 0.29) is 19.0 Å². The van der Waals surface area contributed by atoms with Gasteiger partial charge in [0.05, 0.1) is 5.69 Å². The molecule has 1 fully saturated rings. The van der Waals surface area contributed by atoms with Crippen LogP contribution in [0.25, 0.3) is 0 Å². The highest BCUT2D eigenvalue weighted by molar-refractivity contribution is 7.13. The molecule has 5 nitrogen and oxygen atoms in total. The Kier molecular flexibility index (Phi) is 6.83. The Balaban J connectivity index is 0.00000192. The van der Waals surface area contributed by atoms with E-state index in [1.807, 2.05) is 35.7 Å². The second-order valence-electron chi connectivity index (χ2n) is 5.29. The minimum absolute atomic E-state index is 0. The number of thiazole rings is 1. The fourth-order valence-electron chi connectivity index (χ4n) is 2.50. The number of nitrogens with zero attached hydrogens (tertiary/aromatic N) is 1. The van der Waals surface area contributed by atoms with Gasteiger partial charge in [-0.05, 0) is 31.5 Å². The molecule has 1 saturated heterocycles. The lowest BCUT2D eigenvalue weighted by Gasteiger charge is -2.20. The molecule has 0 bridgehead atoms. The lowest BCUT2D eigenvalue weighted by molar-refractivity contribution is 0.155. The van der Waals surface area contributed by atoms with Gasteiger partial charge in [-0.25, -0.2) is 9.78 Å². The zero-order valence-electron chi connectivity index (χ0n) is 12.7. The maximum atomic E-state index is 11.8. The van der Waals surface area contributed by atoms with E-state index in [9.17, 15) is 4.79 Å². The van der Waals surface area contributed by atoms with Crippen LogP contribution in [0.1, 0.15) is 30.0 Å². The van der Waals surface area contributed by atoms with Crippen LogP contribution in [-0.2, 0) is 11.3 Å². The Bertz CT molecular complexity index is 615. The van der Waals surface area contributed by atoms with Gasteiger partial charge in [-0.2, -0.15) is 0 Å². The van der Waals surface area contributed by atoms with Gasteiger partial charge in [0.15, 0.2) is 5.13 Å². The molecule has 0 saturated carbocycles. The summed E-state index contributed by atoms with van der Waals surface area (Å²) < 4.78 is 5.19. The first kappa shape index (κ1) is 17.7. The average Bonchev–Trinajstić information content (AvgIpc) is 3.03. The molecule has 3 rings (SSSR count). The summed E-state index contributed by atoms with van der Waals surface area (Å²) in [5, 5.41) is 8.68. The van der Waals surface area contributed by atoms with Crippen LogP contribution in [0, 0.1) is 0 Å². The number of piperidine rings is 1. The molecular formula is C16H20ClN3O2S. The lowest BCUT2D eigenvalue weighted by atomic mass is 9.96. The highest BCUT2D eigenvalue weighted by Gasteiger charge is 2.18. The average molecular weight is 354 g/mol. The third-order valence-corrected chi connectivity index (χ3v) is 4.48. The maximum absolute atomic E-state index is 11.8. The smallest absolute Gasteiger partial charge is 0.413 e. The number of hydrogen-bond acceptors (Lipinski definition) is 5. The van der Waals surface area contributed by atoms with Crippen LogP contribution in [0.5, 0.6) is 0 Å². The van der Waals surface area contributed by atoms with Crippen molar-refractivity contribution in [1.29, 1.82) is 0 Å². The largest absolute Gasteiger partial charge is 0.444 e. The summed E-state index contributed by atoms with van der Waals surface area (Å²) in [5.74, 6) is 0.494. The van der Waals surface area contributed by atoms with Crippen molar-refractivity contribution in [3.8, 4) is 0 Å². The van der Waals surface area contributed by atoms with E-state index in [1.54, 1.807) is 0 Å². The van der Waals surface area contributed by atoms with E-state index in [4.69, 9.17) is 4.74 Å². The van der Waals surface area contributed by atoms with Gasteiger partial charge in [0.2, 0.25) is 0 Å². The fraction of sp³-hybridized carbons (Fsp3) is 0.375. The summed E-state index contributed by atoms with van der Waals surface area (Å²) in [6.45, 7) is 2.33. The molecule has 0 spiro atoms. The minimum Gasteiger partial charge on any atom is -0.444 e. The zero-order valence-corrected chi connectivity index (χ0v) is 14.3. The third-order valence-electron chi connectivity index (χ3n) is 3.70. The van der Waals surface area contributed by atoms with Crippen molar-refractivity contribution in [2.24, 2.45) is 0 Å². The summed E-state index contributed by atoms with van der Waals surface area (Å²) in [6.07, 6.45) is 1.73. The van der Waals surface area contributed by atoms with Crippen molar-refractivity contribution in [1.82, 2.24) is 10.3 Å². The van der Waals surface area contributed by atoms with Gasteiger partial charge in [-0.1, -0.05) is 30.3 Å². The Labute approximate surface area is 145 Å². The predicted octanol–water partition coefficient (Wildman–Crippen LogP) is 3.78. The fourth-order valence-corrected chi connectivity index (χ4v) is 3.27. The van der Waals surface area contributed by atoms with Crippen LogP contribution in [0.15, 0.2) is 35.7 Å². The van der Waals surface area contributed by atoms with Crippen molar-refractivity contribution in [3.63, 3.8) is 0 Å². The Hall–Kier alpha value is -1.63. The van der Waals surface area contributed by atoms with Gasteiger partial charge in [0, 0.05) is 11.3 Å². The molecule has 1 aliphatic heterocycles. The second kappa shape index (κ2) is 8.86. The summed E-state index contributed by atoms with van der Waals surface area (Å²) in [5.41, 5.74) is 2.04. The minimum atomic E-state index is -0.463. The van der Waals surface area contributed by atoms with Crippen molar-refractivity contribution in [3.05, 3.63) is 47.0 Å². The van der Waals surface area contributed by atoms with Gasteiger partial charge >= 0.3 is 6.09 Å². The molecule has 2 heterocycles. The Morgan fingerprint density at radius 3 is 2.78 bits per heavy atom. The molecule has 7 heteroatoms. The Morgan fingerprint density at radius 2 is 2.04 bits per heavy atom. The quantitative estimate of drug-likeness (QED) is 0.878. The number of nitrogens with one attached hydrogen (secondary N) is 2. The number of benzene rings is 1. The number of amides is 1. The summed E-state index contributed by atoms with van der Waals surface area (Å²) >= 11 is 1.45. The molecule has 0 radical (unpaired) electrons. The van der Waals surface area contributed by atoms with Crippen LogP contribution in [-0.4, -0.2) is 24.2 Å². The molecule has 1 aliphatic rings. The number of carbonyl (C=O) groups is 1. The maximum Gasteiger partial charge on any atom is 0.413 e. The SMILES string of the molecule is Cl.O=C(Nc1nc(C2CCNCC2)cs1)OCc1ccccc1. The van der Waals surface area contributed by atoms with Gasteiger partial charge in [-0.3, -0.25) is 5.32 Å². The van der Waals surface area contributed by atoms with Crippen molar-refractivity contribution < 1.29 is 9.53 Å². The van der Waals surface area contributed by atoms with E-state index < -0.39 is 6.09 Å². The number of halogens is 1. The molecular weight excluding hydrogens is 334 g/mol. The summed E-state index contributed by atoms with van der Waals surface area (Å²) in [6, 6.07) is 9.62. The zero-order chi connectivity index (χ0) is 15.2. The number of carbonyl (C=O) groups excluding carboxylic acids is 1. The normalized spacial score (nSPS) is 14.8. The van der Waals surface area contributed by atoms with Gasteiger partial charge in [0.25, 0.3) is 0 Å². The number of anilines is 1. The van der Waals surface area contributed by atoms with Crippen LogP contribution < -0.4 is 10.6 Å². The van der Waals surface area contributed by atoms with Gasteiger partial charge in [-0.15, -0.1) is 23.7 Å². The molecule has 23 heavy (non-hydrogen) atoms. The highest BCUT2D eigenvalue weighted by Crippen LogP contribution is 2.28. The molecule has 0 aliphatic carbocycles. The van der Waals surface area contributed by atoms with Crippen LogP contribution >= 0.6 is 23.7 Å². The van der Waals surface area contributed by atoms with E-state index in [1.165, 1.54) is 11.3 Å². The molecule has 1 aromatic carbocycles. The highest BCUT2D eigenvalue weighted by atomic mass is 35.5. The predicted molar refractivity (Wildman–Crippen MR) is 94.5 cm³/mol. The van der Waals surface area contributed by atoms with Crippen molar-refractivity contribution in [2.75, 3.05) is 18.4 Å². The van der Waals surface area contributed by atoms with Gasteiger partial charge in [0.1, 0.15) is 6.61 Å². The molecule has 2 aromatic rings. The first-order valence-corrected chi connectivity index (χ1v) is 8.33. The summed E-state index contributed by atoms with van der Waals surface area (Å²) in [7, 11) is 0. The number of ether oxygens (including phenoxy) is 1. The lowest BCUT2D eigenvalue weighted by Crippen LogP contribution is -2.26. The van der Waals surface area contributed by atoms with Crippen molar-refractivity contribution >= 4 is 35.0 Å². The number of aromatic nitrogens is 1. The van der Waals surface area contributed by atoms with E-state index in [2.05, 4.69) is 15.6 Å². The number of hydrogen-bond donors (Lipinski definition) is 2. The third kappa shape index (κ3) is 5.20. The molecule has 0 unspecified atom stereocenters. The molecule has 0 atom stereocenters. The topological polar surface area (TPSA) is 63.2 Å². The van der Waals surface area contributed by atoms with Crippen LogP contribution in [0.2, 0.25) is 0 Å². The van der Waals surface area contributed by atoms with E-state index >= 15 is 0 Å². The second-order valence-corrected chi connectivity index (χ2v) is 6.15. The van der Waals surface area contributed by atoms with E-state index in [0.717, 1.165) is 37.2 Å². The van der Waals surface area contributed by atoms with Crippen LogP contribution in [0.4, 0.5) is 9.93 Å². The molecule has 2 N–H and O–H groups in total. The molecule has 1 amide bonds. The number of rotatable bonds is 4. The van der Waals surface area contributed by atoms with Crippen LogP contribution in [0.3, 0.4) is 0 Å². The van der Waals surface area contributed by atoms with E-state index in [0.29, 0.717) is 11.0 Å². The summed E-state index contributed by atoms with van der Waals surface area (Å²) in [4.78, 5) is 16.3. The molecule has 124 valence electrons. The monoisotopic (exact) mass is 353 g/mol. The van der Waals surface area contributed by atoms with Crippen molar-refractivity contribution in [2.45, 2.75) is 25.4 Å². The first-order chi connectivity index (χ1) is 10.8. The standard InChI is InChI=1S/C16H19N3O2S.ClH/c20-16(21-10-12-4-2-1-3-5-12)19-15-18-14(11-22-15)13-6-8-17-9-7-13;/h1-5,11,13,17H,6-10H2,(H,18,19,20);1H. The first-order valence-electron chi connectivity index (χ1n) is 7.45. The van der Waals surface area contributed by atoms with Gasteiger partial charge < -0.3 is 10.1 Å².